The summed E-state index contributed by atoms with van der Waals surface area (Å²) in [6.07, 6.45) is 0. The molecule has 0 aliphatic carbocycles. The lowest BCUT2D eigenvalue weighted by atomic mass is 10.2. The van der Waals surface area contributed by atoms with Crippen LogP contribution in [0, 0.1) is 13.8 Å². The number of pyridine rings is 1. The summed E-state index contributed by atoms with van der Waals surface area (Å²) in [4.78, 5) is 15.1. The summed E-state index contributed by atoms with van der Waals surface area (Å²) in [6.45, 7) is 3.71. The average Bonchev–Trinajstić information content (AvgIpc) is 2.47. The lowest BCUT2D eigenvalue weighted by Crippen LogP contribution is -2.14. The highest BCUT2D eigenvalue weighted by molar-refractivity contribution is 6.03. The first-order valence-electron chi connectivity index (χ1n) is 4.21. The van der Waals surface area contributed by atoms with Crippen LogP contribution in [0.4, 0.5) is 0 Å². The number of H-pyrrole nitrogens is 1. The summed E-state index contributed by atoms with van der Waals surface area (Å²) in [6, 6.07) is 1.88. The average molecular weight is 190 g/mol. The molecule has 1 amide bonds. The lowest BCUT2D eigenvalue weighted by Gasteiger charge is -1.98. The van der Waals surface area contributed by atoms with E-state index in [1.165, 1.54) is 0 Å². The van der Waals surface area contributed by atoms with E-state index in [1.807, 2.05) is 19.9 Å². The maximum Gasteiger partial charge on any atom is 0.269 e. The van der Waals surface area contributed by atoms with E-state index in [2.05, 4.69) is 15.2 Å². The second kappa shape index (κ2) is 2.80. The van der Waals surface area contributed by atoms with E-state index >= 15 is 0 Å². The summed E-state index contributed by atoms with van der Waals surface area (Å²) in [5.74, 6) is -0.551. The van der Waals surface area contributed by atoms with E-state index in [0.717, 1.165) is 16.8 Å². The smallest absolute Gasteiger partial charge is 0.269 e. The van der Waals surface area contributed by atoms with Gasteiger partial charge in [-0.25, -0.2) is 4.98 Å². The normalized spacial score (nSPS) is 10.7. The van der Waals surface area contributed by atoms with E-state index in [0.29, 0.717) is 5.52 Å². The number of rotatable bonds is 1. The number of aromatic nitrogens is 3. The minimum Gasteiger partial charge on any atom is -0.364 e. The Morgan fingerprint density at radius 3 is 2.86 bits per heavy atom. The Balaban J connectivity index is 2.88. The second-order valence-electron chi connectivity index (χ2n) is 3.22. The molecule has 0 spiro atoms. The van der Waals surface area contributed by atoms with Crippen LogP contribution in [-0.4, -0.2) is 21.1 Å². The van der Waals surface area contributed by atoms with E-state index < -0.39 is 5.91 Å². The van der Waals surface area contributed by atoms with Crippen molar-refractivity contribution in [3.63, 3.8) is 0 Å². The fourth-order valence-corrected chi connectivity index (χ4v) is 1.44. The molecule has 3 N–H and O–H groups in total. The van der Waals surface area contributed by atoms with Crippen molar-refractivity contribution in [1.29, 1.82) is 0 Å². The van der Waals surface area contributed by atoms with Gasteiger partial charge in [0.1, 0.15) is 5.52 Å². The van der Waals surface area contributed by atoms with Crippen LogP contribution in [0.15, 0.2) is 6.07 Å². The van der Waals surface area contributed by atoms with Crippen LogP contribution in [0.2, 0.25) is 0 Å². The predicted octanol–water partition coefficient (Wildman–Crippen LogP) is 0.674. The Hall–Kier alpha value is -1.91. The Labute approximate surface area is 80.3 Å². The minimum absolute atomic E-state index is 0.226. The van der Waals surface area contributed by atoms with Crippen molar-refractivity contribution in [2.24, 2.45) is 5.73 Å². The van der Waals surface area contributed by atoms with Crippen LogP contribution in [0.5, 0.6) is 0 Å². The molecular weight excluding hydrogens is 180 g/mol. The summed E-state index contributed by atoms with van der Waals surface area (Å²) in [7, 11) is 0. The molecule has 72 valence electrons. The van der Waals surface area contributed by atoms with Gasteiger partial charge in [-0.3, -0.25) is 9.89 Å². The van der Waals surface area contributed by atoms with Crippen LogP contribution in [0.25, 0.3) is 10.9 Å². The number of aryl methyl sites for hydroxylation is 2. The molecular formula is C9H10N4O. The van der Waals surface area contributed by atoms with Crippen LogP contribution in [-0.2, 0) is 0 Å². The van der Waals surface area contributed by atoms with Crippen molar-refractivity contribution in [3.8, 4) is 0 Å². The zero-order valence-corrected chi connectivity index (χ0v) is 7.96. The molecule has 2 rings (SSSR count). The first-order valence-corrected chi connectivity index (χ1v) is 4.21. The van der Waals surface area contributed by atoms with Gasteiger partial charge < -0.3 is 5.73 Å². The van der Waals surface area contributed by atoms with Crippen LogP contribution >= 0.6 is 0 Å². The number of hydrogen-bond acceptors (Lipinski definition) is 3. The molecule has 14 heavy (non-hydrogen) atoms. The molecule has 0 aromatic carbocycles. The van der Waals surface area contributed by atoms with Gasteiger partial charge in [-0.05, 0) is 19.9 Å². The zero-order valence-electron chi connectivity index (χ0n) is 7.96. The fraction of sp³-hybridized carbons (Fsp3) is 0.222. The summed E-state index contributed by atoms with van der Waals surface area (Å²) in [5.41, 5.74) is 7.64. The maximum absolute atomic E-state index is 11.1. The minimum atomic E-state index is -0.551. The van der Waals surface area contributed by atoms with Crippen LogP contribution in [0.3, 0.4) is 0 Å². The molecule has 0 radical (unpaired) electrons. The molecule has 0 fully saturated rings. The van der Waals surface area contributed by atoms with Crippen molar-refractivity contribution >= 4 is 16.8 Å². The van der Waals surface area contributed by atoms with Crippen molar-refractivity contribution in [3.05, 3.63) is 23.1 Å². The SMILES string of the molecule is Cc1cc2c(C)[nH]nc2c(C(N)=O)n1. The van der Waals surface area contributed by atoms with Gasteiger partial charge in [-0.1, -0.05) is 0 Å². The van der Waals surface area contributed by atoms with E-state index in [1.54, 1.807) is 0 Å². The van der Waals surface area contributed by atoms with Crippen molar-refractivity contribution < 1.29 is 4.79 Å². The summed E-state index contributed by atoms with van der Waals surface area (Å²) in [5, 5.41) is 7.69. The zero-order chi connectivity index (χ0) is 10.3. The number of carbonyl (C=O) groups excluding carboxylic acids is 1. The summed E-state index contributed by atoms with van der Waals surface area (Å²) >= 11 is 0. The summed E-state index contributed by atoms with van der Waals surface area (Å²) < 4.78 is 0. The fourth-order valence-electron chi connectivity index (χ4n) is 1.44. The number of aromatic amines is 1. The van der Waals surface area contributed by atoms with Gasteiger partial charge in [0.15, 0.2) is 5.69 Å². The first-order chi connectivity index (χ1) is 6.59. The highest BCUT2D eigenvalue weighted by Crippen LogP contribution is 2.18. The number of hydrogen-bond donors (Lipinski definition) is 2. The molecule has 2 aromatic rings. The molecule has 0 saturated carbocycles. The molecule has 0 unspecified atom stereocenters. The molecule has 0 saturated heterocycles. The van der Waals surface area contributed by atoms with Gasteiger partial charge in [-0.15, -0.1) is 0 Å². The topological polar surface area (TPSA) is 84.7 Å². The third-order valence-corrected chi connectivity index (χ3v) is 2.09. The molecule has 5 heteroatoms. The monoisotopic (exact) mass is 190 g/mol. The largest absolute Gasteiger partial charge is 0.364 e. The molecule has 2 aromatic heterocycles. The van der Waals surface area contributed by atoms with Gasteiger partial charge >= 0.3 is 0 Å². The van der Waals surface area contributed by atoms with Crippen molar-refractivity contribution in [1.82, 2.24) is 15.2 Å². The van der Waals surface area contributed by atoms with E-state index in [-0.39, 0.29) is 5.69 Å². The molecule has 0 bridgehead atoms. The maximum atomic E-state index is 11.1. The predicted molar refractivity (Wildman–Crippen MR) is 51.9 cm³/mol. The van der Waals surface area contributed by atoms with Gasteiger partial charge in [-0.2, -0.15) is 5.10 Å². The van der Waals surface area contributed by atoms with Crippen LogP contribution < -0.4 is 5.73 Å². The third kappa shape index (κ3) is 1.14. The molecule has 2 heterocycles. The third-order valence-electron chi connectivity index (χ3n) is 2.09. The number of primary amides is 1. The molecule has 0 atom stereocenters. The highest BCUT2D eigenvalue weighted by atomic mass is 16.1. The molecule has 5 nitrogen and oxygen atoms in total. The Morgan fingerprint density at radius 1 is 1.50 bits per heavy atom. The number of nitrogens with zero attached hydrogens (tertiary/aromatic N) is 2. The number of nitrogens with one attached hydrogen (secondary N) is 1. The van der Waals surface area contributed by atoms with E-state index in [4.69, 9.17) is 5.73 Å². The number of amides is 1. The standard InChI is InChI=1S/C9H10N4O/c1-4-3-6-5(2)12-13-7(6)8(11-4)9(10)14/h3H,1-2H3,(H2,10,14)(H,12,13). The lowest BCUT2D eigenvalue weighted by molar-refractivity contribution is 0.0997. The number of carbonyl (C=O) groups is 1. The number of fused-ring (bicyclic) bond motifs is 1. The Kier molecular flexibility index (Phi) is 1.73. The Morgan fingerprint density at radius 2 is 2.21 bits per heavy atom. The van der Waals surface area contributed by atoms with Gasteiger partial charge in [0.2, 0.25) is 0 Å². The molecule has 0 aliphatic rings. The van der Waals surface area contributed by atoms with Gasteiger partial charge in [0, 0.05) is 16.8 Å². The number of nitrogens with two attached hydrogens (primary N) is 1. The van der Waals surface area contributed by atoms with Crippen LogP contribution in [0.1, 0.15) is 21.9 Å². The van der Waals surface area contributed by atoms with E-state index in [9.17, 15) is 4.79 Å². The Bertz CT molecular complexity index is 515. The van der Waals surface area contributed by atoms with Crippen molar-refractivity contribution in [2.45, 2.75) is 13.8 Å². The first kappa shape index (κ1) is 8.68. The second-order valence-corrected chi connectivity index (χ2v) is 3.22. The molecule has 0 aliphatic heterocycles. The van der Waals surface area contributed by atoms with Gasteiger partial charge in [0.25, 0.3) is 5.91 Å². The quantitative estimate of drug-likeness (QED) is 0.693. The van der Waals surface area contributed by atoms with Crippen molar-refractivity contribution in [2.75, 3.05) is 0 Å². The highest BCUT2D eigenvalue weighted by Gasteiger charge is 2.13. The van der Waals surface area contributed by atoms with Gasteiger partial charge in [0.05, 0.1) is 0 Å².